The Morgan fingerprint density at radius 1 is 1.03 bits per heavy atom. The van der Waals surface area contributed by atoms with Gasteiger partial charge < -0.3 is 4.90 Å². The van der Waals surface area contributed by atoms with Crippen molar-refractivity contribution in [3.63, 3.8) is 0 Å². The Hall–Kier alpha value is -3.74. The van der Waals surface area contributed by atoms with Crippen molar-refractivity contribution in [3.05, 3.63) is 71.4 Å². The standard InChI is InChI=1S/C26H25N5O2/c32-25(21-8-9-21)30-13-11-17(15-30)16-31-24(28-29-26(31)33)20-6-4-19(5-7-20)22-3-1-2-18-10-12-27-14-23(18)22/h1-7,10,12,14,17,21H,8-9,11,13,15-16H2,(H,29,33). The molecule has 0 radical (unpaired) electrons. The van der Waals surface area contributed by atoms with Crippen molar-refractivity contribution < 1.29 is 4.79 Å². The summed E-state index contributed by atoms with van der Waals surface area (Å²) in [5.41, 5.74) is 2.89. The van der Waals surface area contributed by atoms with E-state index in [1.54, 1.807) is 10.8 Å². The molecule has 1 saturated carbocycles. The lowest BCUT2D eigenvalue weighted by molar-refractivity contribution is -0.131. The molecule has 0 bridgehead atoms. The molecule has 0 spiro atoms. The highest BCUT2D eigenvalue weighted by Crippen LogP contribution is 2.33. The Kier molecular flexibility index (Phi) is 4.82. The molecule has 3 heterocycles. The summed E-state index contributed by atoms with van der Waals surface area (Å²) in [7, 11) is 0. The van der Waals surface area contributed by atoms with Crippen molar-refractivity contribution in [2.24, 2.45) is 11.8 Å². The van der Waals surface area contributed by atoms with Crippen LogP contribution in [0.3, 0.4) is 0 Å². The zero-order chi connectivity index (χ0) is 22.4. The van der Waals surface area contributed by atoms with Crippen LogP contribution in [-0.2, 0) is 11.3 Å². The van der Waals surface area contributed by atoms with E-state index in [4.69, 9.17) is 0 Å². The van der Waals surface area contributed by atoms with Gasteiger partial charge >= 0.3 is 5.69 Å². The van der Waals surface area contributed by atoms with E-state index in [0.29, 0.717) is 12.4 Å². The minimum Gasteiger partial charge on any atom is -0.342 e. The van der Waals surface area contributed by atoms with Gasteiger partial charge in [0.15, 0.2) is 5.82 Å². The van der Waals surface area contributed by atoms with Crippen LogP contribution in [0.15, 0.2) is 65.7 Å². The number of aromatic amines is 1. The lowest BCUT2D eigenvalue weighted by Gasteiger charge is -2.16. The number of benzene rings is 2. The van der Waals surface area contributed by atoms with Crippen LogP contribution in [0, 0.1) is 11.8 Å². The molecule has 166 valence electrons. The van der Waals surface area contributed by atoms with Crippen molar-refractivity contribution in [2.45, 2.75) is 25.8 Å². The Morgan fingerprint density at radius 2 is 1.85 bits per heavy atom. The van der Waals surface area contributed by atoms with E-state index in [9.17, 15) is 9.59 Å². The lowest BCUT2D eigenvalue weighted by Crippen LogP contribution is -2.31. The first-order chi connectivity index (χ1) is 16.2. The topological polar surface area (TPSA) is 83.9 Å². The third-order valence-corrected chi connectivity index (χ3v) is 6.86. The number of aromatic nitrogens is 4. The predicted molar refractivity (Wildman–Crippen MR) is 126 cm³/mol. The van der Waals surface area contributed by atoms with Gasteiger partial charge in [-0.1, -0.05) is 42.5 Å². The molecule has 4 aromatic rings. The number of hydrogen-bond donors (Lipinski definition) is 1. The summed E-state index contributed by atoms with van der Waals surface area (Å²) in [5.74, 6) is 1.44. The maximum absolute atomic E-state index is 12.5. The molecule has 1 N–H and O–H groups in total. The number of H-pyrrole nitrogens is 1. The molecule has 7 heteroatoms. The molecule has 1 saturated heterocycles. The Morgan fingerprint density at radius 3 is 2.67 bits per heavy atom. The molecule has 2 aromatic heterocycles. The number of fused-ring (bicyclic) bond motifs is 1. The summed E-state index contributed by atoms with van der Waals surface area (Å²) in [6.07, 6.45) is 6.66. The number of rotatable bonds is 5. The third kappa shape index (κ3) is 3.73. The number of pyridine rings is 1. The summed E-state index contributed by atoms with van der Waals surface area (Å²) in [4.78, 5) is 31.2. The molecule has 6 rings (SSSR count). The Labute approximate surface area is 191 Å². The average Bonchev–Trinajstić information content (AvgIpc) is 3.50. The summed E-state index contributed by atoms with van der Waals surface area (Å²) >= 11 is 0. The smallest absolute Gasteiger partial charge is 0.342 e. The van der Waals surface area contributed by atoms with Gasteiger partial charge in [0.1, 0.15) is 0 Å². The second kappa shape index (κ2) is 7.99. The maximum atomic E-state index is 12.5. The van der Waals surface area contributed by atoms with E-state index in [2.05, 4.69) is 45.5 Å². The van der Waals surface area contributed by atoms with Gasteiger partial charge in [-0.25, -0.2) is 9.89 Å². The number of hydrogen-bond acceptors (Lipinski definition) is 4. The average molecular weight is 440 g/mol. The number of nitrogens with one attached hydrogen (secondary N) is 1. The van der Waals surface area contributed by atoms with E-state index >= 15 is 0 Å². The van der Waals surface area contributed by atoms with Crippen molar-refractivity contribution in [3.8, 4) is 22.5 Å². The van der Waals surface area contributed by atoms with Gasteiger partial charge in [0.2, 0.25) is 5.91 Å². The van der Waals surface area contributed by atoms with Crippen LogP contribution in [0.5, 0.6) is 0 Å². The van der Waals surface area contributed by atoms with Gasteiger partial charge in [-0.05, 0) is 47.8 Å². The van der Waals surface area contributed by atoms with E-state index < -0.39 is 0 Å². The van der Waals surface area contributed by atoms with Gasteiger partial charge in [0.05, 0.1) is 0 Å². The second-order valence-electron chi connectivity index (χ2n) is 9.16. The summed E-state index contributed by atoms with van der Waals surface area (Å²) in [6.45, 7) is 2.08. The predicted octanol–water partition coefficient (Wildman–Crippen LogP) is 3.71. The van der Waals surface area contributed by atoms with Gasteiger partial charge in [0.25, 0.3) is 0 Å². The fourth-order valence-corrected chi connectivity index (χ4v) is 4.90. The Balaban J connectivity index is 1.24. The number of carbonyl (C=O) groups excluding carboxylic acids is 1. The molecule has 1 amide bonds. The molecule has 2 aromatic carbocycles. The highest BCUT2D eigenvalue weighted by Gasteiger charge is 2.36. The minimum atomic E-state index is -0.207. The van der Waals surface area contributed by atoms with Gasteiger partial charge in [0, 0.05) is 48.9 Å². The van der Waals surface area contributed by atoms with Crippen molar-refractivity contribution in [1.29, 1.82) is 0 Å². The molecular weight excluding hydrogens is 414 g/mol. The molecule has 1 atom stereocenters. The van der Waals surface area contributed by atoms with E-state index in [-0.39, 0.29) is 23.4 Å². The highest BCUT2D eigenvalue weighted by atomic mass is 16.2. The van der Waals surface area contributed by atoms with Crippen LogP contribution in [0.2, 0.25) is 0 Å². The molecule has 33 heavy (non-hydrogen) atoms. The Bertz CT molecular complexity index is 1380. The normalized spacial score (nSPS) is 18.2. The quantitative estimate of drug-likeness (QED) is 0.514. The van der Waals surface area contributed by atoms with Crippen molar-refractivity contribution in [2.75, 3.05) is 13.1 Å². The van der Waals surface area contributed by atoms with Crippen LogP contribution >= 0.6 is 0 Å². The SMILES string of the molecule is O=C(C1CC1)N1CCC(Cn2c(-c3ccc(-c4cccc5ccncc45)cc3)n[nH]c2=O)C1. The molecule has 1 aliphatic heterocycles. The summed E-state index contributed by atoms with van der Waals surface area (Å²) < 4.78 is 1.71. The van der Waals surface area contributed by atoms with Gasteiger partial charge in [-0.3, -0.25) is 14.3 Å². The van der Waals surface area contributed by atoms with Crippen molar-refractivity contribution >= 4 is 16.7 Å². The van der Waals surface area contributed by atoms with E-state index in [1.165, 1.54) is 0 Å². The first-order valence-electron chi connectivity index (χ1n) is 11.5. The highest BCUT2D eigenvalue weighted by molar-refractivity contribution is 5.96. The number of nitrogens with zero attached hydrogens (tertiary/aromatic N) is 4. The number of carbonyl (C=O) groups is 1. The zero-order valence-corrected chi connectivity index (χ0v) is 18.3. The lowest BCUT2D eigenvalue weighted by atomic mass is 9.98. The zero-order valence-electron chi connectivity index (χ0n) is 18.3. The minimum absolute atomic E-state index is 0.207. The third-order valence-electron chi connectivity index (χ3n) is 6.86. The molecule has 1 aliphatic carbocycles. The van der Waals surface area contributed by atoms with Crippen LogP contribution in [0.4, 0.5) is 0 Å². The fraction of sp³-hybridized carbons (Fsp3) is 0.308. The molecule has 1 unspecified atom stereocenters. The molecular formula is C26H25N5O2. The van der Waals surface area contributed by atoms with Gasteiger partial charge in [-0.2, -0.15) is 5.10 Å². The van der Waals surface area contributed by atoms with E-state index in [0.717, 1.165) is 59.8 Å². The molecule has 2 fully saturated rings. The maximum Gasteiger partial charge on any atom is 0.343 e. The van der Waals surface area contributed by atoms with Crippen LogP contribution < -0.4 is 5.69 Å². The second-order valence-corrected chi connectivity index (χ2v) is 9.16. The number of amides is 1. The summed E-state index contributed by atoms with van der Waals surface area (Å²) in [5, 5.41) is 9.18. The van der Waals surface area contributed by atoms with Crippen LogP contribution in [0.1, 0.15) is 19.3 Å². The van der Waals surface area contributed by atoms with Crippen LogP contribution in [-0.4, -0.2) is 43.6 Å². The monoisotopic (exact) mass is 439 g/mol. The van der Waals surface area contributed by atoms with Gasteiger partial charge in [-0.15, -0.1) is 0 Å². The van der Waals surface area contributed by atoms with Crippen LogP contribution in [0.25, 0.3) is 33.3 Å². The first kappa shape index (κ1) is 19.9. The summed E-state index contributed by atoms with van der Waals surface area (Å²) in [6, 6.07) is 16.4. The molecule has 2 aliphatic rings. The fourth-order valence-electron chi connectivity index (χ4n) is 4.90. The molecule has 7 nitrogen and oxygen atoms in total. The largest absolute Gasteiger partial charge is 0.343 e. The first-order valence-corrected chi connectivity index (χ1v) is 11.5. The van der Waals surface area contributed by atoms with E-state index in [1.807, 2.05) is 29.3 Å². The van der Waals surface area contributed by atoms with Crippen molar-refractivity contribution in [1.82, 2.24) is 24.6 Å². The number of likely N-dealkylation sites (tertiary alicyclic amines) is 1.